The molecule has 0 saturated carbocycles. The molecule has 6 nitrogen and oxygen atoms in total. The van der Waals surface area contributed by atoms with E-state index in [0.717, 1.165) is 18.0 Å². The Morgan fingerprint density at radius 1 is 1.10 bits per heavy atom. The van der Waals surface area contributed by atoms with Crippen molar-refractivity contribution in [1.29, 1.82) is 0 Å². The Balaban J connectivity index is 1.38. The zero-order valence-corrected chi connectivity index (χ0v) is 16.5. The fourth-order valence-corrected chi connectivity index (χ4v) is 3.29. The number of amides is 2. The maximum Gasteiger partial charge on any atom is 0.254 e. The van der Waals surface area contributed by atoms with Crippen molar-refractivity contribution in [2.45, 2.75) is 12.8 Å². The van der Waals surface area contributed by atoms with Gasteiger partial charge in [0.25, 0.3) is 5.91 Å². The molecule has 1 aromatic heterocycles. The van der Waals surface area contributed by atoms with Crippen LogP contribution in [0, 0.1) is 11.6 Å². The zero-order valence-electron chi connectivity index (χ0n) is 15.7. The highest BCUT2D eigenvalue weighted by Gasteiger charge is 2.21. The minimum atomic E-state index is -0.911. The molecule has 0 radical (unpaired) electrons. The normalized spacial score (nSPS) is 14.0. The number of pyridine rings is 1. The van der Waals surface area contributed by atoms with Crippen LogP contribution in [0.5, 0.6) is 0 Å². The summed E-state index contributed by atoms with van der Waals surface area (Å²) in [7, 11) is 0. The van der Waals surface area contributed by atoms with Crippen LogP contribution in [0.4, 0.5) is 14.6 Å². The van der Waals surface area contributed by atoms with Crippen LogP contribution in [0.2, 0.25) is 5.15 Å². The van der Waals surface area contributed by atoms with Crippen molar-refractivity contribution in [3.8, 4) is 0 Å². The summed E-state index contributed by atoms with van der Waals surface area (Å²) in [6, 6.07) is 8.23. The van der Waals surface area contributed by atoms with Crippen LogP contribution in [-0.2, 0) is 4.79 Å². The summed E-state index contributed by atoms with van der Waals surface area (Å²) >= 11 is 5.92. The molecule has 1 aliphatic heterocycles. The molecule has 0 bridgehead atoms. The van der Waals surface area contributed by atoms with Crippen molar-refractivity contribution in [3.63, 3.8) is 0 Å². The summed E-state index contributed by atoms with van der Waals surface area (Å²) in [6.45, 7) is 2.73. The van der Waals surface area contributed by atoms with Gasteiger partial charge in [-0.05, 0) is 30.7 Å². The molecule has 2 amide bonds. The summed E-state index contributed by atoms with van der Waals surface area (Å²) in [5.74, 6) is -1.48. The molecule has 1 fully saturated rings. The van der Waals surface area contributed by atoms with Gasteiger partial charge in [-0.2, -0.15) is 0 Å². The summed E-state index contributed by atoms with van der Waals surface area (Å²) in [4.78, 5) is 32.4. The number of rotatable bonds is 6. The van der Waals surface area contributed by atoms with E-state index in [-0.39, 0.29) is 24.4 Å². The van der Waals surface area contributed by atoms with Crippen LogP contribution in [-0.4, -0.2) is 54.4 Å². The Bertz CT molecular complexity index is 889. The van der Waals surface area contributed by atoms with Gasteiger partial charge in [0.15, 0.2) is 0 Å². The molecule has 2 heterocycles. The topological polar surface area (TPSA) is 65.5 Å². The van der Waals surface area contributed by atoms with E-state index in [4.69, 9.17) is 11.6 Å². The van der Waals surface area contributed by atoms with E-state index in [2.05, 4.69) is 15.2 Å². The highest BCUT2D eigenvalue weighted by atomic mass is 35.5. The van der Waals surface area contributed by atoms with E-state index in [0.29, 0.717) is 43.8 Å². The first-order valence-corrected chi connectivity index (χ1v) is 9.70. The molecule has 0 spiro atoms. The summed E-state index contributed by atoms with van der Waals surface area (Å²) in [5.41, 5.74) is -0.219. The number of carbonyl (C=O) groups is 2. The molecular weight excluding hydrogens is 402 g/mol. The third-order valence-electron chi connectivity index (χ3n) is 4.69. The second kappa shape index (κ2) is 9.65. The fourth-order valence-electron chi connectivity index (χ4n) is 3.13. The maximum atomic E-state index is 13.6. The molecule has 0 atom stereocenters. The van der Waals surface area contributed by atoms with Crippen molar-refractivity contribution in [2.24, 2.45) is 0 Å². The number of aromatic nitrogens is 1. The first-order valence-electron chi connectivity index (χ1n) is 9.32. The van der Waals surface area contributed by atoms with Gasteiger partial charge in [-0.1, -0.05) is 17.7 Å². The molecular formula is C20H21ClF2N4O2. The number of anilines is 1. The SMILES string of the molecule is O=C(NCCCC(=O)N1CCN(c2cccc(Cl)n2)CC1)c1ccc(F)cc1F. The van der Waals surface area contributed by atoms with Gasteiger partial charge in [-0.15, -0.1) is 0 Å². The molecule has 1 saturated heterocycles. The fraction of sp³-hybridized carbons (Fsp3) is 0.350. The average Bonchev–Trinajstić information content (AvgIpc) is 2.71. The Kier molecular flexibility index (Phi) is 6.98. The van der Waals surface area contributed by atoms with Crippen molar-refractivity contribution < 1.29 is 18.4 Å². The standard InChI is InChI=1S/C20H21ClF2N4O2/c21-17-3-1-4-18(25-17)26-9-11-27(12-10-26)19(28)5-2-8-24-20(29)15-7-6-14(22)13-16(15)23/h1,3-4,6-7,13H,2,5,8-12H2,(H,24,29). The van der Waals surface area contributed by atoms with E-state index in [1.165, 1.54) is 0 Å². The van der Waals surface area contributed by atoms with E-state index < -0.39 is 17.5 Å². The van der Waals surface area contributed by atoms with Crippen LogP contribution in [0.1, 0.15) is 23.2 Å². The van der Waals surface area contributed by atoms with Crippen LogP contribution >= 0.6 is 11.6 Å². The number of carbonyl (C=O) groups excluding carboxylic acids is 2. The summed E-state index contributed by atoms with van der Waals surface area (Å²) in [5, 5.41) is 2.98. The molecule has 0 aliphatic carbocycles. The van der Waals surface area contributed by atoms with Gasteiger partial charge in [-0.3, -0.25) is 9.59 Å². The lowest BCUT2D eigenvalue weighted by atomic mass is 10.2. The van der Waals surface area contributed by atoms with Crippen LogP contribution in [0.25, 0.3) is 0 Å². The lowest BCUT2D eigenvalue weighted by molar-refractivity contribution is -0.131. The zero-order chi connectivity index (χ0) is 20.8. The predicted octanol–water partition coefficient (Wildman–Crippen LogP) is 2.87. The Morgan fingerprint density at radius 2 is 1.86 bits per heavy atom. The molecule has 1 aliphatic rings. The van der Waals surface area contributed by atoms with Gasteiger partial charge >= 0.3 is 0 Å². The number of hydrogen-bond donors (Lipinski definition) is 1. The van der Waals surface area contributed by atoms with E-state index in [1.54, 1.807) is 11.0 Å². The van der Waals surface area contributed by atoms with E-state index in [1.807, 2.05) is 12.1 Å². The van der Waals surface area contributed by atoms with Gasteiger partial charge in [0.05, 0.1) is 5.56 Å². The van der Waals surface area contributed by atoms with Crippen LogP contribution in [0.3, 0.4) is 0 Å². The number of piperazine rings is 1. The molecule has 154 valence electrons. The van der Waals surface area contributed by atoms with Gasteiger partial charge in [0.1, 0.15) is 22.6 Å². The third kappa shape index (κ3) is 5.63. The third-order valence-corrected chi connectivity index (χ3v) is 4.90. The molecule has 9 heteroatoms. The minimum Gasteiger partial charge on any atom is -0.353 e. The Hall–Kier alpha value is -2.74. The van der Waals surface area contributed by atoms with Crippen molar-refractivity contribution >= 4 is 29.2 Å². The van der Waals surface area contributed by atoms with Crippen LogP contribution < -0.4 is 10.2 Å². The maximum absolute atomic E-state index is 13.6. The smallest absolute Gasteiger partial charge is 0.254 e. The predicted molar refractivity (Wildman–Crippen MR) is 106 cm³/mol. The quantitative estimate of drug-likeness (QED) is 0.574. The summed E-state index contributed by atoms with van der Waals surface area (Å²) in [6.07, 6.45) is 0.713. The molecule has 1 aromatic carbocycles. The van der Waals surface area contributed by atoms with E-state index >= 15 is 0 Å². The van der Waals surface area contributed by atoms with Gasteiger partial charge < -0.3 is 15.1 Å². The monoisotopic (exact) mass is 422 g/mol. The Morgan fingerprint density at radius 3 is 2.55 bits per heavy atom. The van der Waals surface area contributed by atoms with Crippen LogP contribution in [0.15, 0.2) is 36.4 Å². The first kappa shape index (κ1) is 21.0. The van der Waals surface area contributed by atoms with Gasteiger partial charge in [0.2, 0.25) is 5.91 Å². The number of halogens is 3. The number of nitrogens with one attached hydrogen (secondary N) is 1. The lowest BCUT2D eigenvalue weighted by Crippen LogP contribution is -2.49. The highest BCUT2D eigenvalue weighted by molar-refractivity contribution is 6.29. The largest absolute Gasteiger partial charge is 0.353 e. The van der Waals surface area contributed by atoms with Crippen molar-refractivity contribution in [1.82, 2.24) is 15.2 Å². The molecule has 0 unspecified atom stereocenters. The average molecular weight is 423 g/mol. The second-order valence-electron chi connectivity index (χ2n) is 6.67. The highest BCUT2D eigenvalue weighted by Crippen LogP contribution is 2.17. The van der Waals surface area contributed by atoms with E-state index in [9.17, 15) is 18.4 Å². The molecule has 3 rings (SSSR count). The van der Waals surface area contributed by atoms with Gasteiger partial charge in [0, 0.05) is 45.2 Å². The number of nitrogens with zero attached hydrogens (tertiary/aromatic N) is 3. The summed E-state index contributed by atoms with van der Waals surface area (Å²) < 4.78 is 26.5. The van der Waals surface area contributed by atoms with Gasteiger partial charge in [-0.25, -0.2) is 13.8 Å². The molecule has 2 aromatic rings. The minimum absolute atomic E-state index is 0.00548. The second-order valence-corrected chi connectivity index (χ2v) is 7.06. The number of hydrogen-bond acceptors (Lipinski definition) is 4. The first-order chi connectivity index (χ1) is 13.9. The lowest BCUT2D eigenvalue weighted by Gasteiger charge is -2.35. The molecule has 29 heavy (non-hydrogen) atoms. The molecule has 1 N–H and O–H groups in total. The Labute approximate surface area is 172 Å². The van der Waals surface area contributed by atoms with Crippen molar-refractivity contribution in [2.75, 3.05) is 37.6 Å². The number of benzene rings is 1. The van der Waals surface area contributed by atoms with Crippen molar-refractivity contribution in [3.05, 3.63) is 58.7 Å².